The Morgan fingerprint density at radius 2 is 2.17 bits per heavy atom. The Bertz CT molecular complexity index is 381. The van der Waals surface area contributed by atoms with Crippen molar-refractivity contribution >= 4 is 6.09 Å². The van der Waals surface area contributed by atoms with Crippen molar-refractivity contribution in [2.75, 3.05) is 19.6 Å². The molecule has 0 bridgehead atoms. The van der Waals surface area contributed by atoms with Crippen molar-refractivity contribution in [1.82, 2.24) is 4.90 Å². The molecular weight excluding hydrogens is 228 g/mol. The van der Waals surface area contributed by atoms with Crippen LogP contribution in [0.15, 0.2) is 30.3 Å². The molecule has 1 saturated heterocycles. The number of likely N-dealkylation sites (tertiary alicyclic amines) is 1. The average molecular weight is 249 g/mol. The lowest BCUT2D eigenvalue weighted by atomic mass is 9.99. The van der Waals surface area contributed by atoms with E-state index in [4.69, 9.17) is 4.74 Å². The number of amides is 1. The zero-order valence-electron chi connectivity index (χ0n) is 10.7. The lowest BCUT2D eigenvalue weighted by Gasteiger charge is -2.30. The van der Waals surface area contributed by atoms with Crippen LogP contribution in [0.1, 0.15) is 18.4 Å². The van der Waals surface area contributed by atoms with E-state index in [9.17, 15) is 4.79 Å². The highest BCUT2D eigenvalue weighted by Crippen LogP contribution is 2.16. The summed E-state index contributed by atoms with van der Waals surface area (Å²) in [7, 11) is 0. The number of rotatable bonds is 3. The minimum atomic E-state index is -0.197. The van der Waals surface area contributed by atoms with Crippen molar-refractivity contribution in [3.8, 4) is 0 Å². The molecular formula is C14H21N2O2+. The molecule has 98 valence electrons. The fourth-order valence-electron chi connectivity index (χ4n) is 2.28. The first-order valence-electron chi connectivity index (χ1n) is 6.54. The minimum absolute atomic E-state index is 0.197. The molecule has 0 unspecified atom stereocenters. The summed E-state index contributed by atoms with van der Waals surface area (Å²) in [5, 5.41) is 0. The van der Waals surface area contributed by atoms with E-state index >= 15 is 0 Å². The van der Waals surface area contributed by atoms with Crippen LogP contribution in [-0.4, -0.2) is 30.6 Å². The smallest absolute Gasteiger partial charge is 0.410 e. The Morgan fingerprint density at radius 1 is 1.39 bits per heavy atom. The Morgan fingerprint density at radius 3 is 2.89 bits per heavy atom. The largest absolute Gasteiger partial charge is 0.445 e. The maximum absolute atomic E-state index is 11.9. The Kier molecular flexibility index (Phi) is 4.59. The molecule has 1 aliphatic rings. The summed E-state index contributed by atoms with van der Waals surface area (Å²) in [5.74, 6) is 0.531. The summed E-state index contributed by atoms with van der Waals surface area (Å²) in [6.07, 6.45) is 2.03. The SMILES string of the molecule is [NH3+]C[C@H]1CCCN(C(=O)OCc2ccccc2)C1. The summed E-state index contributed by atoms with van der Waals surface area (Å²) < 4.78 is 5.33. The lowest BCUT2D eigenvalue weighted by molar-refractivity contribution is -0.380. The van der Waals surface area contributed by atoms with Crippen molar-refractivity contribution in [3.05, 3.63) is 35.9 Å². The molecule has 1 aromatic carbocycles. The summed E-state index contributed by atoms with van der Waals surface area (Å²) in [5.41, 5.74) is 4.94. The normalized spacial score (nSPS) is 19.6. The minimum Gasteiger partial charge on any atom is -0.445 e. The Hall–Kier alpha value is -1.55. The third-order valence-electron chi connectivity index (χ3n) is 3.39. The second kappa shape index (κ2) is 6.40. The molecule has 1 heterocycles. The zero-order valence-corrected chi connectivity index (χ0v) is 10.7. The van der Waals surface area contributed by atoms with Gasteiger partial charge in [0.2, 0.25) is 0 Å². The molecule has 0 aliphatic carbocycles. The summed E-state index contributed by atoms with van der Waals surface area (Å²) in [6, 6.07) is 9.77. The van der Waals surface area contributed by atoms with Gasteiger partial charge in [0, 0.05) is 19.0 Å². The van der Waals surface area contributed by atoms with Crippen LogP contribution >= 0.6 is 0 Å². The highest BCUT2D eigenvalue weighted by Gasteiger charge is 2.24. The van der Waals surface area contributed by atoms with Gasteiger partial charge in [0.25, 0.3) is 0 Å². The van der Waals surface area contributed by atoms with Crippen LogP contribution in [0, 0.1) is 5.92 Å². The van der Waals surface area contributed by atoms with Gasteiger partial charge < -0.3 is 15.4 Å². The zero-order chi connectivity index (χ0) is 12.8. The first kappa shape index (κ1) is 12.9. The first-order chi connectivity index (χ1) is 8.79. The molecule has 4 heteroatoms. The summed E-state index contributed by atoms with van der Waals surface area (Å²) >= 11 is 0. The van der Waals surface area contributed by atoms with Gasteiger partial charge in [-0.2, -0.15) is 0 Å². The predicted octanol–water partition coefficient (Wildman–Crippen LogP) is 1.28. The molecule has 1 aliphatic heterocycles. The van der Waals surface area contributed by atoms with Gasteiger partial charge in [0.05, 0.1) is 6.54 Å². The van der Waals surface area contributed by atoms with E-state index in [0.717, 1.165) is 31.6 Å². The average Bonchev–Trinajstić information content (AvgIpc) is 2.46. The van der Waals surface area contributed by atoms with E-state index in [0.29, 0.717) is 12.5 Å². The molecule has 2 rings (SSSR count). The van der Waals surface area contributed by atoms with Crippen LogP contribution in [0.25, 0.3) is 0 Å². The fraction of sp³-hybridized carbons (Fsp3) is 0.500. The van der Waals surface area contributed by atoms with Crippen LogP contribution in [0.5, 0.6) is 0 Å². The number of hydrogen-bond acceptors (Lipinski definition) is 2. The van der Waals surface area contributed by atoms with E-state index in [2.05, 4.69) is 5.73 Å². The summed E-state index contributed by atoms with van der Waals surface area (Å²) in [4.78, 5) is 13.7. The second-order valence-electron chi connectivity index (χ2n) is 4.78. The third-order valence-corrected chi connectivity index (χ3v) is 3.39. The van der Waals surface area contributed by atoms with Gasteiger partial charge in [-0.1, -0.05) is 30.3 Å². The van der Waals surface area contributed by atoms with Crippen LogP contribution in [-0.2, 0) is 11.3 Å². The number of piperidine rings is 1. The van der Waals surface area contributed by atoms with E-state index in [1.54, 1.807) is 0 Å². The molecule has 1 amide bonds. The monoisotopic (exact) mass is 249 g/mol. The van der Waals surface area contributed by atoms with Crippen molar-refractivity contribution in [2.24, 2.45) is 5.92 Å². The molecule has 0 spiro atoms. The van der Waals surface area contributed by atoms with Crippen molar-refractivity contribution < 1.29 is 15.3 Å². The fourth-order valence-corrected chi connectivity index (χ4v) is 2.28. The second-order valence-corrected chi connectivity index (χ2v) is 4.78. The molecule has 1 aromatic rings. The van der Waals surface area contributed by atoms with E-state index in [1.807, 2.05) is 35.2 Å². The maximum atomic E-state index is 11.9. The molecule has 1 atom stereocenters. The maximum Gasteiger partial charge on any atom is 0.410 e. The number of ether oxygens (including phenoxy) is 1. The van der Waals surface area contributed by atoms with Crippen LogP contribution < -0.4 is 5.73 Å². The van der Waals surface area contributed by atoms with Crippen molar-refractivity contribution in [1.29, 1.82) is 0 Å². The van der Waals surface area contributed by atoms with Gasteiger partial charge in [-0.3, -0.25) is 0 Å². The number of nitrogens with zero attached hydrogens (tertiary/aromatic N) is 1. The molecule has 0 saturated carbocycles. The van der Waals surface area contributed by atoms with Crippen molar-refractivity contribution in [2.45, 2.75) is 19.4 Å². The molecule has 18 heavy (non-hydrogen) atoms. The number of benzene rings is 1. The van der Waals surface area contributed by atoms with Gasteiger partial charge in [-0.25, -0.2) is 4.79 Å². The standard InChI is InChI=1S/C14H20N2O2/c15-9-13-7-4-8-16(10-13)14(17)18-11-12-5-2-1-3-6-12/h1-3,5-6,13H,4,7-11,15H2/p+1/t13-/m1/s1. The first-order valence-corrected chi connectivity index (χ1v) is 6.54. The van der Waals surface area contributed by atoms with E-state index < -0.39 is 0 Å². The highest BCUT2D eigenvalue weighted by atomic mass is 16.6. The van der Waals surface area contributed by atoms with Gasteiger partial charge >= 0.3 is 6.09 Å². The Balaban J connectivity index is 1.81. The van der Waals surface area contributed by atoms with Gasteiger partial charge in [-0.15, -0.1) is 0 Å². The number of quaternary nitrogens is 1. The Labute approximate surface area is 108 Å². The predicted molar refractivity (Wildman–Crippen MR) is 68.7 cm³/mol. The van der Waals surface area contributed by atoms with Gasteiger partial charge in [0.1, 0.15) is 6.61 Å². The van der Waals surface area contributed by atoms with Gasteiger partial charge in [0.15, 0.2) is 0 Å². The van der Waals surface area contributed by atoms with Crippen molar-refractivity contribution in [3.63, 3.8) is 0 Å². The third kappa shape index (κ3) is 3.47. The van der Waals surface area contributed by atoms with E-state index in [-0.39, 0.29) is 6.09 Å². The van der Waals surface area contributed by atoms with Gasteiger partial charge in [-0.05, 0) is 18.4 Å². The topological polar surface area (TPSA) is 57.2 Å². The quantitative estimate of drug-likeness (QED) is 0.877. The summed E-state index contributed by atoms with van der Waals surface area (Å²) in [6.45, 7) is 2.84. The molecule has 3 N–H and O–H groups in total. The van der Waals surface area contributed by atoms with Crippen LogP contribution in [0.2, 0.25) is 0 Å². The molecule has 0 aromatic heterocycles. The molecule has 1 fully saturated rings. The molecule has 4 nitrogen and oxygen atoms in total. The molecule has 0 radical (unpaired) electrons. The van der Waals surface area contributed by atoms with Crippen LogP contribution in [0.3, 0.4) is 0 Å². The number of carbonyl (C=O) groups is 1. The number of carbonyl (C=O) groups excluding carboxylic acids is 1. The number of hydrogen-bond donors (Lipinski definition) is 1. The van der Waals surface area contributed by atoms with Crippen LogP contribution in [0.4, 0.5) is 4.79 Å². The highest BCUT2D eigenvalue weighted by molar-refractivity contribution is 5.67. The van der Waals surface area contributed by atoms with E-state index in [1.165, 1.54) is 6.42 Å². The lowest BCUT2D eigenvalue weighted by Crippen LogP contribution is -2.57.